The van der Waals surface area contributed by atoms with Crippen molar-refractivity contribution in [3.05, 3.63) is 24.5 Å². The molecule has 76 valence electrons. The number of pyridine rings is 1. The molecule has 2 rings (SSSR count). The van der Waals surface area contributed by atoms with Gasteiger partial charge in [0.25, 0.3) is 0 Å². The Kier molecular flexibility index (Phi) is 2.99. The molecule has 2 atom stereocenters. The molecular weight excluding hydrogens is 176 g/mol. The molecule has 1 saturated heterocycles. The quantitative estimate of drug-likeness (QED) is 0.770. The normalized spacial score (nSPS) is 27.2. The number of aromatic nitrogens is 1. The highest BCUT2D eigenvalue weighted by molar-refractivity contribution is 5.17. The zero-order valence-corrected chi connectivity index (χ0v) is 8.44. The molecule has 1 aromatic rings. The van der Waals surface area contributed by atoms with Crippen LogP contribution in [0.1, 0.15) is 13.3 Å². The molecule has 0 aliphatic carbocycles. The summed E-state index contributed by atoms with van der Waals surface area (Å²) >= 11 is 0. The molecule has 3 heteroatoms. The molecule has 0 unspecified atom stereocenters. The largest absolute Gasteiger partial charge is 0.490 e. The summed E-state index contributed by atoms with van der Waals surface area (Å²) in [6.45, 7) is 4.33. The van der Waals surface area contributed by atoms with Gasteiger partial charge in [0.2, 0.25) is 0 Å². The van der Waals surface area contributed by atoms with E-state index in [1.165, 1.54) is 0 Å². The lowest BCUT2D eigenvalue weighted by atomic mass is 9.98. The van der Waals surface area contributed by atoms with Crippen molar-refractivity contribution in [2.45, 2.75) is 19.4 Å². The number of nitrogens with one attached hydrogen (secondary N) is 1. The van der Waals surface area contributed by atoms with Crippen molar-refractivity contribution >= 4 is 0 Å². The van der Waals surface area contributed by atoms with Gasteiger partial charge in [-0.15, -0.1) is 0 Å². The summed E-state index contributed by atoms with van der Waals surface area (Å²) in [5.74, 6) is 1.51. The Morgan fingerprint density at radius 3 is 2.93 bits per heavy atom. The minimum absolute atomic E-state index is 0.346. The van der Waals surface area contributed by atoms with Gasteiger partial charge in [-0.25, -0.2) is 0 Å². The first-order valence-electron chi connectivity index (χ1n) is 5.13. The van der Waals surface area contributed by atoms with Crippen molar-refractivity contribution in [1.29, 1.82) is 0 Å². The molecule has 1 N–H and O–H groups in total. The number of nitrogens with zero attached hydrogens (tertiary/aromatic N) is 1. The minimum Gasteiger partial charge on any atom is -0.490 e. The first kappa shape index (κ1) is 9.46. The summed E-state index contributed by atoms with van der Waals surface area (Å²) in [4.78, 5) is 3.97. The van der Waals surface area contributed by atoms with Crippen LogP contribution in [-0.2, 0) is 0 Å². The third-order valence-electron chi connectivity index (χ3n) is 2.64. The molecule has 0 aromatic carbocycles. The highest BCUT2D eigenvalue weighted by atomic mass is 16.5. The topological polar surface area (TPSA) is 34.1 Å². The van der Waals surface area contributed by atoms with E-state index >= 15 is 0 Å². The van der Waals surface area contributed by atoms with Gasteiger partial charge in [-0.05, 0) is 25.1 Å². The second-order valence-corrected chi connectivity index (χ2v) is 3.81. The van der Waals surface area contributed by atoms with Crippen molar-refractivity contribution in [3.8, 4) is 5.75 Å². The van der Waals surface area contributed by atoms with Crippen LogP contribution >= 0.6 is 0 Å². The predicted molar refractivity (Wildman–Crippen MR) is 55.3 cm³/mol. The second kappa shape index (κ2) is 4.42. The third-order valence-corrected chi connectivity index (χ3v) is 2.64. The zero-order chi connectivity index (χ0) is 9.80. The Bertz CT molecular complexity index is 276. The van der Waals surface area contributed by atoms with Crippen LogP contribution in [-0.4, -0.2) is 24.2 Å². The Morgan fingerprint density at radius 1 is 1.43 bits per heavy atom. The van der Waals surface area contributed by atoms with E-state index in [4.69, 9.17) is 4.74 Å². The van der Waals surface area contributed by atoms with Gasteiger partial charge in [0, 0.05) is 24.9 Å². The van der Waals surface area contributed by atoms with Crippen molar-refractivity contribution in [3.63, 3.8) is 0 Å². The van der Waals surface area contributed by atoms with Crippen LogP contribution in [0.25, 0.3) is 0 Å². The monoisotopic (exact) mass is 192 g/mol. The number of hydrogen-bond acceptors (Lipinski definition) is 3. The van der Waals surface area contributed by atoms with E-state index in [2.05, 4.69) is 17.2 Å². The zero-order valence-electron chi connectivity index (χ0n) is 8.44. The van der Waals surface area contributed by atoms with Gasteiger partial charge in [-0.1, -0.05) is 6.92 Å². The minimum atomic E-state index is 0.346. The molecule has 1 aliphatic heterocycles. The fourth-order valence-corrected chi connectivity index (χ4v) is 1.76. The van der Waals surface area contributed by atoms with Crippen molar-refractivity contribution in [2.24, 2.45) is 5.92 Å². The summed E-state index contributed by atoms with van der Waals surface area (Å²) in [7, 11) is 0. The fraction of sp³-hybridized carbons (Fsp3) is 0.545. The molecule has 0 radical (unpaired) electrons. The van der Waals surface area contributed by atoms with Crippen molar-refractivity contribution in [2.75, 3.05) is 13.1 Å². The van der Waals surface area contributed by atoms with Gasteiger partial charge in [0.05, 0.1) is 0 Å². The van der Waals surface area contributed by atoms with Crippen LogP contribution in [0.5, 0.6) is 5.75 Å². The summed E-state index contributed by atoms with van der Waals surface area (Å²) in [5, 5.41) is 3.36. The third kappa shape index (κ3) is 2.23. The van der Waals surface area contributed by atoms with Crippen molar-refractivity contribution in [1.82, 2.24) is 10.3 Å². The number of hydrogen-bond donors (Lipinski definition) is 1. The molecule has 0 amide bonds. The molecule has 14 heavy (non-hydrogen) atoms. The SMILES string of the molecule is C[C@H]1CNCC[C@H]1Oc1ccncc1. The Balaban J connectivity index is 1.96. The lowest BCUT2D eigenvalue weighted by Crippen LogP contribution is -2.41. The van der Waals surface area contributed by atoms with Crippen molar-refractivity contribution < 1.29 is 4.74 Å². The van der Waals surface area contributed by atoms with Crippen LogP contribution in [0.15, 0.2) is 24.5 Å². The van der Waals surface area contributed by atoms with E-state index in [0.29, 0.717) is 12.0 Å². The van der Waals surface area contributed by atoms with E-state index in [-0.39, 0.29) is 0 Å². The highest BCUT2D eigenvalue weighted by Gasteiger charge is 2.22. The van der Waals surface area contributed by atoms with Crippen LogP contribution in [0.2, 0.25) is 0 Å². The van der Waals surface area contributed by atoms with Gasteiger partial charge in [0.15, 0.2) is 0 Å². The van der Waals surface area contributed by atoms with Gasteiger partial charge in [-0.2, -0.15) is 0 Å². The summed E-state index contributed by atoms with van der Waals surface area (Å²) < 4.78 is 5.89. The fourth-order valence-electron chi connectivity index (χ4n) is 1.76. The number of rotatable bonds is 2. The average molecular weight is 192 g/mol. The maximum absolute atomic E-state index is 5.89. The molecule has 1 aliphatic rings. The van der Waals surface area contributed by atoms with Crippen LogP contribution < -0.4 is 10.1 Å². The average Bonchev–Trinajstić information content (AvgIpc) is 2.23. The van der Waals surface area contributed by atoms with Gasteiger partial charge >= 0.3 is 0 Å². The molecule has 0 saturated carbocycles. The maximum Gasteiger partial charge on any atom is 0.122 e. The van der Waals surface area contributed by atoms with Gasteiger partial charge < -0.3 is 10.1 Å². The Hall–Kier alpha value is -1.09. The molecule has 1 fully saturated rings. The molecule has 3 nitrogen and oxygen atoms in total. The summed E-state index contributed by atoms with van der Waals surface area (Å²) in [6.07, 6.45) is 4.96. The molecule has 2 heterocycles. The molecule has 1 aromatic heterocycles. The predicted octanol–water partition coefficient (Wildman–Crippen LogP) is 1.46. The Morgan fingerprint density at radius 2 is 2.21 bits per heavy atom. The first-order chi connectivity index (χ1) is 6.86. The standard InChI is InChI=1S/C11H16N2O/c1-9-8-13-7-4-11(9)14-10-2-5-12-6-3-10/h2-3,5-6,9,11,13H,4,7-8H2,1H3/t9-,11+/m0/s1. The Labute approximate surface area is 84.5 Å². The first-order valence-corrected chi connectivity index (χ1v) is 5.13. The van der Waals surface area contributed by atoms with E-state index in [1.807, 2.05) is 12.1 Å². The van der Waals surface area contributed by atoms with Gasteiger partial charge in [-0.3, -0.25) is 4.98 Å². The molecular formula is C11H16N2O. The van der Waals surface area contributed by atoms with E-state index < -0.39 is 0 Å². The van der Waals surface area contributed by atoms with Crippen LogP contribution in [0, 0.1) is 5.92 Å². The van der Waals surface area contributed by atoms with E-state index in [0.717, 1.165) is 25.3 Å². The van der Waals surface area contributed by atoms with E-state index in [9.17, 15) is 0 Å². The number of piperidine rings is 1. The lowest BCUT2D eigenvalue weighted by molar-refractivity contribution is 0.112. The highest BCUT2D eigenvalue weighted by Crippen LogP contribution is 2.18. The van der Waals surface area contributed by atoms with E-state index in [1.54, 1.807) is 12.4 Å². The van der Waals surface area contributed by atoms with Crippen LogP contribution in [0.3, 0.4) is 0 Å². The maximum atomic E-state index is 5.89. The second-order valence-electron chi connectivity index (χ2n) is 3.81. The lowest BCUT2D eigenvalue weighted by Gasteiger charge is -2.29. The smallest absolute Gasteiger partial charge is 0.122 e. The summed E-state index contributed by atoms with van der Waals surface area (Å²) in [5.41, 5.74) is 0. The van der Waals surface area contributed by atoms with Gasteiger partial charge in [0.1, 0.15) is 11.9 Å². The molecule has 0 spiro atoms. The van der Waals surface area contributed by atoms with Crippen LogP contribution in [0.4, 0.5) is 0 Å². The molecule has 0 bridgehead atoms. The summed E-state index contributed by atoms with van der Waals surface area (Å²) in [6, 6.07) is 3.82. The number of ether oxygens (including phenoxy) is 1.